The fourth-order valence-electron chi connectivity index (χ4n) is 2.92. The van der Waals surface area contributed by atoms with E-state index in [1.54, 1.807) is 12.1 Å². The van der Waals surface area contributed by atoms with Gasteiger partial charge >= 0.3 is 0 Å². The molecule has 0 heterocycles. The van der Waals surface area contributed by atoms with Crippen LogP contribution in [0.2, 0.25) is 0 Å². The van der Waals surface area contributed by atoms with Crippen molar-refractivity contribution in [3.8, 4) is 0 Å². The Morgan fingerprint density at radius 1 is 1.00 bits per heavy atom. The molecule has 2 atom stereocenters. The van der Waals surface area contributed by atoms with Crippen LogP contribution in [-0.2, 0) is 27.2 Å². The van der Waals surface area contributed by atoms with Gasteiger partial charge < -0.3 is 16.4 Å². The van der Waals surface area contributed by atoms with Crippen molar-refractivity contribution >= 4 is 23.4 Å². The van der Waals surface area contributed by atoms with Crippen LogP contribution in [0.25, 0.3) is 0 Å². The average Bonchev–Trinajstić information content (AvgIpc) is 2.68. The minimum Gasteiger partial charge on any atom is -0.368 e. The average molecular weight is 416 g/mol. The van der Waals surface area contributed by atoms with E-state index in [0.717, 1.165) is 0 Å². The molecule has 0 spiro atoms. The van der Waals surface area contributed by atoms with Gasteiger partial charge in [0.1, 0.15) is 17.9 Å². The summed E-state index contributed by atoms with van der Waals surface area (Å²) in [7, 11) is 0. The number of benzene rings is 2. The second-order valence-corrected chi connectivity index (χ2v) is 6.60. The van der Waals surface area contributed by atoms with Crippen molar-refractivity contribution in [3.05, 3.63) is 75.6 Å². The number of hydrogen-bond acceptors (Lipinski definition) is 5. The molecule has 0 aliphatic rings. The molecule has 2 aromatic rings. The first-order chi connectivity index (χ1) is 14.2. The standard InChI is InChI=1S/C20H21FN4O5/c1-12(26)23-17(10-13-6-2-4-8-15(13)21)20(28)24-16(19(22)27)11-14-7-3-5-9-18(14)25(29)30/h2-9,16-17H,10-11H2,1H3,(H2,22,27)(H,23,26)(H,24,28)/t16-,17+/m1/s1. The van der Waals surface area contributed by atoms with Crippen LogP contribution in [0.15, 0.2) is 48.5 Å². The highest BCUT2D eigenvalue weighted by atomic mass is 19.1. The predicted molar refractivity (Wildman–Crippen MR) is 106 cm³/mol. The van der Waals surface area contributed by atoms with E-state index in [-0.39, 0.29) is 29.7 Å². The largest absolute Gasteiger partial charge is 0.368 e. The maximum absolute atomic E-state index is 14.0. The molecule has 3 amide bonds. The number of nitrogens with two attached hydrogens (primary N) is 1. The second kappa shape index (κ2) is 10.1. The van der Waals surface area contributed by atoms with Gasteiger partial charge in [-0.1, -0.05) is 36.4 Å². The number of hydrogen-bond donors (Lipinski definition) is 3. The van der Waals surface area contributed by atoms with Crippen LogP contribution < -0.4 is 16.4 Å². The van der Waals surface area contributed by atoms with Crippen molar-refractivity contribution < 1.29 is 23.7 Å². The van der Waals surface area contributed by atoms with Crippen molar-refractivity contribution in [2.45, 2.75) is 31.8 Å². The molecule has 2 rings (SSSR count). The Bertz CT molecular complexity index is 966. The highest BCUT2D eigenvalue weighted by Crippen LogP contribution is 2.19. The van der Waals surface area contributed by atoms with Crippen LogP contribution in [0.5, 0.6) is 0 Å². The van der Waals surface area contributed by atoms with Gasteiger partial charge in [-0.3, -0.25) is 24.5 Å². The van der Waals surface area contributed by atoms with E-state index >= 15 is 0 Å². The Kier molecular flexibility index (Phi) is 7.56. The van der Waals surface area contributed by atoms with Crippen LogP contribution >= 0.6 is 0 Å². The Hall–Kier alpha value is -3.82. The van der Waals surface area contributed by atoms with Gasteiger partial charge in [-0.2, -0.15) is 0 Å². The number of amides is 3. The van der Waals surface area contributed by atoms with Crippen molar-refractivity contribution in [2.24, 2.45) is 5.73 Å². The lowest BCUT2D eigenvalue weighted by molar-refractivity contribution is -0.385. The summed E-state index contributed by atoms with van der Waals surface area (Å²) in [6.07, 6.45) is -0.375. The monoisotopic (exact) mass is 416 g/mol. The van der Waals surface area contributed by atoms with Crippen molar-refractivity contribution in [1.82, 2.24) is 10.6 Å². The van der Waals surface area contributed by atoms with Crippen molar-refractivity contribution in [1.29, 1.82) is 0 Å². The van der Waals surface area contributed by atoms with Crippen LogP contribution in [0, 0.1) is 15.9 Å². The number of para-hydroxylation sites is 1. The van der Waals surface area contributed by atoms with Gasteiger partial charge in [-0.25, -0.2) is 4.39 Å². The number of halogens is 1. The molecular weight excluding hydrogens is 395 g/mol. The highest BCUT2D eigenvalue weighted by molar-refractivity contribution is 5.91. The molecule has 4 N–H and O–H groups in total. The maximum Gasteiger partial charge on any atom is 0.272 e. The molecule has 9 nitrogen and oxygen atoms in total. The summed E-state index contributed by atoms with van der Waals surface area (Å²) in [6.45, 7) is 1.19. The molecule has 10 heteroatoms. The van der Waals surface area contributed by atoms with Gasteiger partial charge in [0.05, 0.1) is 4.92 Å². The fourth-order valence-corrected chi connectivity index (χ4v) is 2.92. The highest BCUT2D eigenvalue weighted by Gasteiger charge is 2.28. The number of primary amides is 1. The Balaban J connectivity index is 2.22. The summed E-state index contributed by atoms with van der Waals surface area (Å²) in [6, 6.07) is 9.07. The lowest BCUT2D eigenvalue weighted by atomic mass is 10.0. The van der Waals surface area contributed by atoms with Gasteiger partial charge in [0.2, 0.25) is 17.7 Å². The molecular formula is C20H21FN4O5. The summed E-state index contributed by atoms with van der Waals surface area (Å²) in [5, 5.41) is 16.0. The molecule has 0 aliphatic carbocycles. The molecule has 0 radical (unpaired) electrons. The zero-order chi connectivity index (χ0) is 22.3. The Morgan fingerprint density at radius 3 is 2.13 bits per heavy atom. The van der Waals surface area contributed by atoms with Crippen molar-refractivity contribution in [3.63, 3.8) is 0 Å². The van der Waals surface area contributed by atoms with E-state index in [1.165, 1.54) is 43.3 Å². The molecule has 0 aliphatic heterocycles. The van der Waals surface area contributed by atoms with Gasteiger partial charge in [-0.15, -0.1) is 0 Å². The summed E-state index contributed by atoms with van der Waals surface area (Å²) in [5.74, 6) is -2.75. The van der Waals surface area contributed by atoms with Gasteiger partial charge in [0.25, 0.3) is 5.69 Å². The first-order valence-electron chi connectivity index (χ1n) is 9.01. The van der Waals surface area contributed by atoms with Gasteiger partial charge in [0.15, 0.2) is 0 Å². The summed E-state index contributed by atoms with van der Waals surface area (Å²) >= 11 is 0. The minimum atomic E-state index is -1.27. The number of carbonyl (C=O) groups excluding carboxylic acids is 3. The van der Waals surface area contributed by atoms with E-state index in [1.807, 2.05) is 0 Å². The lowest BCUT2D eigenvalue weighted by Gasteiger charge is -2.22. The summed E-state index contributed by atoms with van der Waals surface area (Å²) in [5.41, 5.74) is 5.55. The number of nitrogens with zero attached hydrogens (tertiary/aromatic N) is 1. The van der Waals surface area contributed by atoms with E-state index < -0.39 is 40.5 Å². The number of nitro groups is 1. The molecule has 30 heavy (non-hydrogen) atoms. The molecule has 0 saturated heterocycles. The van der Waals surface area contributed by atoms with E-state index in [4.69, 9.17) is 5.73 Å². The second-order valence-electron chi connectivity index (χ2n) is 6.60. The van der Waals surface area contributed by atoms with Crippen LogP contribution in [0.4, 0.5) is 10.1 Å². The number of carbonyl (C=O) groups is 3. The molecule has 0 fully saturated rings. The fraction of sp³-hybridized carbons (Fsp3) is 0.250. The molecule has 158 valence electrons. The van der Waals surface area contributed by atoms with Crippen LogP contribution in [0.3, 0.4) is 0 Å². The quantitative estimate of drug-likeness (QED) is 0.412. The Morgan fingerprint density at radius 2 is 1.57 bits per heavy atom. The third-order valence-corrected chi connectivity index (χ3v) is 4.35. The predicted octanol–water partition coefficient (Wildman–Crippen LogP) is 0.994. The zero-order valence-electron chi connectivity index (χ0n) is 16.1. The van der Waals surface area contributed by atoms with E-state index in [2.05, 4.69) is 10.6 Å². The number of rotatable bonds is 9. The first kappa shape index (κ1) is 22.5. The SMILES string of the molecule is CC(=O)N[C@@H](Cc1ccccc1F)C(=O)N[C@H](Cc1ccccc1[N+](=O)[O-])C(N)=O. The molecule has 2 aromatic carbocycles. The molecule has 0 unspecified atom stereocenters. The lowest BCUT2D eigenvalue weighted by Crippen LogP contribution is -2.54. The third kappa shape index (κ3) is 6.09. The van der Waals surface area contributed by atoms with E-state index in [9.17, 15) is 28.9 Å². The summed E-state index contributed by atoms with van der Waals surface area (Å²) < 4.78 is 14.0. The topological polar surface area (TPSA) is 144 Å². The first-order valence-corrected chi connectivity index (χ1v) is 9.01. The number of nitrogens with one attached hydrogen (secondary N) is 2. The minimum absolute atomic E-state index is 0.158. The van der Waals surface area contributed by atoms with E-state index in [0.29, 0.717) is 0 Å². The van der Waals surface area contributed by atoms with Crippen LogP contribution in [0.1, 0.15) is 18.1 Å². The summed E-state index contributed by atoms with van der Waals surface area (Å²) in [4.78, 5) is 46.7. The smallest absolute Gasteiger partial charge is 0.272 e. The van der Waals surface area contributed by atoms with Crippen molar-refractivity contribution in [2.75, 3.05) is 0 Å². The number of nitro benzene ring substituents is 1. The maximum atomic E-state index is 14.0. The van der Waals surface area contributed by atoms with Gasteiger partial charge in [-0.05, 0) is 11.6 Å². The molecule has 0 saturated carbocycles. The third-order valence-electron chi connectivity index (χ3n) is 4.35. The molecule has 0 bridgehead atoms. The zero-order valence-corrected chi connectivity index (χ0v) is 16.1. The normalized spacial score (nSPS) is 12.5. The Labute approximate surface area is 171 Å². The van der Waals surface area contributed by atoms with Gasteiger partial charge in [0, 0.05) is 31.4 Å². The molecule has 0 aromatic heterocycles. The van der Waals surface area contributed by atoms with Crippen LogP contribution in [-0.4, -0.2) is 34.7 Å².